The van der Waals surface area contributed by atoms with Crippen molar-refractivity contribution in [3.63, 3.8) is 0 Å². The lowest BCUT2D eigenvalue weighted by atomic mass is 10.4. The monoisotopic (exact) mass is 236 g/mol. The average Bonchev–Trinajstić information content (AvgIpc) is 2.01. The van der Waals surface area contributed by atoms with Crippen molar-refractivity contribution in [2.45, 2.75) is 9.79 Å². The van der Waals surface area contributed by atoms with Crippen molar-refractivity contribution in [1.29, 1.82) is 0 Å². The second kappa shape index (κ2) is 3.31. The molecular weight excluding hydrogens is 230 g/mol. The Bertz CT molecular complexity index is 498. The van der Waals surface area contributed by atoms with Crippen molar-refractivity contribution in [2.75, 3.05) is 0 Å². The van der Waals surface area contributed by atoms with Crippen LogP contribution in [0.2, 0.25) is 0 Å². The van der Waals surface area contributed by atoms with Crippen molar-refractivity contribution in [1.82, 2.24) is 5.14 Å². The van der Waals surface area contributed by atoms with Gasteiger partial charge in [-0.2, -0.15) is 8.42 Å². The van der Waals surface area contributed by atoms with E-state index in [0.29, 0.717) is 0 Å². The second-order valence-corrected chi connectivity index (χ2v) is 5.35. The quantitative estimate of drug-likeness (QED) is 0.721. The van der Waals surface area contributed by atoms with Crippen LogP contribution in [-0.2, 0) is 20.1 Å². The van der Waals surface area contributed by atoms with Crippen LogP contribution in [0.15, 0.2) is 34.1 Å². The summed E-state index contributed by atoms with van der Waals surface area (Å²) >= 11 is 0. The molecule has 0 saturated heterocycles. The molecule has 0 atom stereocenters. The molecule has 0 saturated carbocycles. The highest BCUT2D eigenvalue weighted by atomic mass is 32.2. The second-order valence-electron chi connectivity index (χ2n) is 2.45. The summed E-state index contributed by atoms with van der Waals surface area (Å²) in [4.78, 5) is -1.03. The summed E-state index contributed by atoms with van der Waals surface area (Å²) < 4.78 is 51.2. The summed E-state index contributed by atoms with van der Waals surface area (Å²) in [6.45, 7) is 0. The van der Waals surface area contributed by atoms with E-state index in [1.807, 2.05) is 0 Å². The van der Waals surface area contributed by atoms with Gasteiger partial charge < -0.3 is 0 Å². The van der Waals surface area contributed by atoms with E-state index in [-0.39, 0.29) is 0 Å². The highest BCUT2D eigenvalue weighted by molar-refractivity contribution is 7.89. The van der Waals surface area contributed by atoms with Crippen molar-refractivity contribution in [3.8, 4) is 0 Å². The number of hydrogen-bond acceptors (Lipinski definition) is 4. The van der Waals surface area contributed by atoms with E-state index < -0.39 is 29.9 Å². The molecule has 6 nitrogen and oxygen atoms in total. The van der Waals surface area contributed by atoms with Crippen LogP contribution in [-0.4, -0.2) is 21.4 Å². The van der Waals surface area contributed by atoms with E-state index in [2.05, 4.69) is 0 Å². The Morgan fingerprint density at radius 2 is 1.57 bits per heavy atom. The third-order valence-corrected chi connectivity index (χ3v) is 3.14. The Hall–Kier alpha value is -0.960. The molecule has 0 aliphatic heterocycles. The largest absolute Gasteiger partial charge is 0.294 e. The lowest BCUT2D eigenvalue weighted by Gasteiger charge is -1.99. The molecule has 0 aliphatic carbocycles. The van der Waals surface area contributed by atoms with E-state index >= 15 is 0 Å². The fraction of sp³-hybridized carbons (Fsp3) is 0. The molecule has 2 N–H and O–H groups in total. The number of hydrogen-bond donors (Lipinski definition) is 1. The Balaban J connectivity index is 3.44. The van der Waals surface area contributed by atoms with Gasteiger partial charge in [0.25, 0.3) is 20.1 Å². The first-order valence-electron chi connectivity index (χ1n) is 3.28. The van der Waals surface area contributed by atoms with Crippen LogP contribution in [0.4, 0.5) is 0 Å². The minimum absolute atomic E-state index is 0.479. The summed E-state index contributed by atoms with van der Waals surface area (Å²) in [5, 5.41) is 6.67. The van der Waals surface area contributed by atoms with Crippen molar-refractivity contribution >= 4 is 20.1 Å². The molecule has 8 heteroatoms. The van der Waals surface area contributed by atoms with Gasteiger partial charge >= 0.3 is 0 Å². The van der Waals surface area contributed by atoms with E-state index in [0.717, 1.165) is 24.3 Å². The minimum Gasteiger partial charge on any atom is -0.282 e. The molecule has 0 bridgehead atoms. The lowest BCUT2D eigenvalue weighted by molar-refractivity contribution is 0.483. The van der Waals surface area contributed by atoms with Gasteiger partial charge in [0.1, 0.15) is 0 Å². The molecule has 1 aromatic carbocycles. The lowest BCUT2D eigenvalue weighted by Crippen LogP contribution is -2.03. The molecule has 0 unspecified atom stereocenters. The molecule has 0 aromatic heterocycles. The molecule has 0 heterocycles. The smallest absolute Gasteiger partial charge is 0.282 e. The standard InChI is InChI=1S/C6H6NO5S2/c7-13(8,9)5-2-1-3-6(4-5)14(10,11)12/h1-4,7H,(H,10,11,12). The highest BCUT2D eigenvalue weighted by Crippen LogP contribution is 2.14. The van der Waals surface area contributed by atoms with Gasteiger partial charge in [0.15, 0.2) is 0 Å². The SMILES string of the molecule is [NH]S(=O)(=O)c1cccc(S(=O)(=O)O)c1. The van der Waals surface area contributed by atoms with E-state index in [9.17, 15) is 16.8 Å². The van der Waals surface area contributed by atoms with Crippen LogP contribution >= 0.6 is 0 Å². The van der Waals surface area contributed by atoms with Gasteiger partial charge in [-0.1, -0.05) is 6.07 Å². The summed E-state index contributed by atoms with van der Waals surface area (Å²) in [7, 11) is -8.64. The highest BCUT2D eigenvalue weighted by Gasteiger charge is 2.14. The van der Waals surface area contributed by atoms with Gasteiger partial charge in [-0.05, 0) is 18.2 Å². The molecule has 77 valence electrons. The zero-order chi connectivity index (χ0) is 11.0. The van der Waals surface area contributed by atoms with Crippen molar-refractivity contribution in [2.24, 2.45) is 0 Å². The van der Waals surface area contributed by atoms with Gasteiger partial charge in [-0.25, -0.2) is 8.42 Å². The van der Waals surface area contributed by atoms with Crippen LogP contribution in [0.5, 0.6) is 0 Å². The molecule has 14 heavy (non-hydrogen) atoms. The maximum atomic E-state index is 10.7. The van der Waals surface area contributed by atoms with E-state index in [4.69, 9.17) is 9.69 Å². The molecule has 0 fully saturated rings. The zero-order valence-electron chi connectivity index (χ0n) is 6.71. The summed E-state index contributed by atoms with van der Waals surface area (Å²) in [5.74, 6) is 0. The summed E-state index contributed by atoms with van der Waals surface area (Å²) in [6, 6.07) is 3.95. The van der Waals surface area contributed by atoms with Crippen LogP contribution in [0.1, 0.15) is 0 Å². The van der Waals surface area contributed by atoms with Gasteiger partial charge in [-0.15, -0.1) is 5.14 Å². The maximum Gasteiger partial charge on any atom is 0.294 e. The van der Waals surface area contributed by atoms with Crippen LogP contribution < -0.4 is 5.14 Å². The Kier molecular flexibility index (Phi) is 2.63. The molecule has 0 aliphatic rings. The topological polar surface area (TPSA) is 112 Å². The Morgan fingerprint density at radius 3 is 2.00 bits per heavy atom. The fourth-order valence-corrected chi connectivity index (χ4v) is 1.94. The first kappa shape index (κ1) is 11.1. The van der Waals surface area contributed by atoms with Crippen LogP contribution in [0.25, 0.3) is 0 Å². The first-order chi connectivity index (χ1) is 6.21. The van der Waals surface area contributed by atoms with E-state index in [1.165, 1.54) is 0 Å². The zero-order valence-corrected chi connectivity index (χ0v) is 8.34. The molecule has 1 aromatic rings. The third kappa shape index (κ3) is 2.51. The van der Waals surface area contributed by atoms with Crippen molar-refractivity contribution in [3.05, 3.63) is 24.3 Å². The fourth-order valence-electron chi connectivity index (χ4n) is 0.802. The Morgan fingerprint density at radius 1 is 1.07 bits per heavy atom. The summed E-state index contributed by atoms with van der Waals surface area (Å²) in [5.41, 5.74) is 0. The van der Waals surface area contributed by atoms with Gasteiger partial charge in [0.2, 0.25) is 0 Å². The minimum atomic E-state index is -4.43. The number of sulfonamides is 1. The number of rotatable bonds is 2. The molecule has 1 rings (SSSR count). The van der Waals surface area contributed by atoms with Gasteiger partial charge in [0, 0.05) is 0 Å². The number of nitrogens with one attached hydrogen (secondary N) is 1. The average molecular weight is 236 g/mol. The van der Waals surface area contributed by atoms with Crippen LogP contribution in [0, 0.1) is 0 Å². The van der Waals surface area contributed by atoms with Crippen LogP contribution in [0.3, 0.4) is 0 Å². The predicted molar refractivity (Wildman–Crippen MR) is 46.5 cm³/mol. The van der Waals surface area contributed by atoms with Gasteiger partial charge in [-0.3, -0.25) is 4.55 Å². The van der Waals surface area contributed by atoms with Gasteiger partial charge in [0.05, 0.1) is 9.79 Å². The van der Waals surface area contributed by atoms with Crippen molar-refractivity contribution < 1.29 is 21.4 Å². The molecule has 0 spiro atoms. The molecule has 1 radical (unpaired) electrons. The summed E-state index contributed by atoms with van der Waals surface area (Å²) in [6.07, 6.45) is 0. The normalized spacial score (nSPS) is 12.7. The first-order valence-corrected chi connectivity index (χ1v) is 6.21. The molecular formula is C6H6NO5S2. The number of benzene rings is 1. The van der Waals surface area contributed by atoms with E-state index in [1.54, 1.807) is 0 Å². The maximum absolute atomic E-state index is 10.7. The molecule has 0 amide bonds. The predicted octanol–water partition coefficient (Wildman–Crippen LogP) is -0.0951. The third-order valence-electron chi connectivity index (χ3n) is 1.41. The Labute approximate surface area is 81.2 Å².